The molecule has 0 radical (unpaired) electrons. The molecule has 0 atom stereocenters. The van der Waals surface area contributed by atoms with E-state index in [1.165, 1.54) is 0 Å². The van der Waals surface area contributed by atoms with Gasteiger partial charge in [0.1, 0.15) is 10.7 Å². The van der Waals surface area contributed by atoms with Gasteiger partial charge in [0.25, 0.3) is 0 Å². The lowest BCUT2D eigenvalue weighted by Crippen LogP contribution is -2.53. The number of hydrogen-bond donors (Lipinski definition) is 2. The topological polar surface area (TPSA) is 102 Å². The van der Waals surface area contributed by atoms with Gasteiger partial charge in [-0.25, -0.2) is 14.8 Å². The summed E-state index contributed by atoms with van der Waals surface area (Å²) in [7, 11) is 0. The quantitative estimate of drug-likeness (QED) is 0.843. The number of nitrogens with one attached hydrogen (secondary N) is 1. The highest BCUT2D eigenvalue weighted by molar-refractivity contribution is 9.10. The number of hydrogen-bond acceptors (Lipinski definition) is 5. The van der Waals surface area contributed by atoms with Crippen LogP contribution in [0.5, 0.6) is 0 Å². The van der Waals surface area contributed by atoms with E-state index >= 15 is 0 Å². The fraction of sp³-hybridized carbons (Fsp3) is 0.538. The fourth-order valence-corrected chi connectivity index (χ4v) is 2.64. The first kappa shape index (κ1) is 15.5. The van der Waals surface area contributed by atoms with Crippen molar-refractivity contribution >= 4 is 27.8 Å². The number of aryl methyl sites for hydroxylation is 1. The highest BCUT2D eigenvalue weighted by Crippen LogP contribution is 2.27. The van der Waals surface area contributed by atoms with Crippen molar-refractivity contribution in [1.29, 1.82) is 5.26 Å². The van der Waals surface area contributed by atoms with Crippen molar-refractivity contribution in [3.63, 3.8) is 0 Å². The molecule has 112 valence electrons. The van der Waals surface area contributed by atoms with Crippen LogP contribution in [0.4, 0.5) is 10.6 Å². The van der Waals surface area contributed by atoms with Crippen LogP contribution in [0, 0.1) is 18.3 Å². The van der Waals surface area contributed by atoms with Crippen LogP contribution in [-0.2, 0) is 0 Å². The molecule has 0 spiro atoms. The van der Waals surface area contributed by atoms with E-state index in [4.69, 9.17) is 5.11 Å². The first-order chi connectivity index (χ1) is 9.84. The summed E-state index contributed by atoms with van der Waals surface area (Å²) in [5, 5.41) is 20.6. The van der Waals surface area contributed by atoms with Crippen LogP contribution in [0.25, 0.3) is 0 Å². The van der Waals surface area contributed by atoms with E-state index in [-0.39, 0.29) is 5.69 Å². The third-order valence-electron chi connectivity index (χ3n) is 3.68. The largest absolute Gasteiger partial charge is 0.465 e. The minimum atomic E-state index is -1.01. The van der Waals surface area contributed by atoms with E-state index in [2.05, 4.69) is 37.3 Å². The van der Waals surface area contributed by atoms with Crippen molar-refractivity contribution in [2.45, 2.75) is 32.2 Å². The van der Waals surface area contributed by atoms with Crippen LogP contribution < -0.4 is 10.2 Å². The average Bonchev–Trinajstić information content (AvgIpc) is 2.41. The predicted octanol–water partition coefficient (Wildman–Crippen LogP) is 2.05. The van der Waals surface area contributed by atoms with Gasteiger partial charge in [-0.1, -0.05) is 0 Å². The molecular formula is C13H16BrN5O2. The molecule has 1 aromatic rings. The van der Waals surface area contributed by atoms with Crippen molar-refractivity contribution in [3.8, 4) is 6.07 Å². The SMILES string of the molecule is Cc1nc(N2CCC(C)(NC(=O)O)CC2)c(C#N)nc1Br. The van der Waals surface area contributed by atoms with Gasteiger partial charge >= 0.3 is 6.09 Å². The van der Waals surface area contributed by atoms with E-state index in [1.807, 2.05) is 18.7 Å². The third kappa shape index (κ3) is 3.42. The summed E-state index contributed by atoms with van der Waals surface area (Å²) in [6.07, 6.45) is 0.296. The van der Waals surface area contributed by atoms with Gasteiger partial charge in [0, 0.05) is 18.6 Å². The number of amides is 1. The van der Waals surface area contributed by atoms with Gasteiger partial charge in [0.2, 0.25) is 0 Å². The van der Waals surface area contributed by atoms with E-state index in [0.717, 1.165) is 5.69 Å². The van der Waals surface area contributed by atoms with Crippen LogP contribution in [0.15, 0.2) is 4.60 Å². The highest BCUT2D eigenvalue weighted by Gasteiger charge is 2.33. The molecule has 0 aliphatic carbocycles. The van der Waals surface area contributed by atoms with E-state index in [9.17, 15) is 10.1 Å². The Morgan fingerprint density at radius 3 is 2.62 bits per heavy atom. The van der Waals surface area contributed by atoms with Gasteiger partial charge < -0.3 is 15.3 Å². The monoisotopic (exact) mass is 353 g/mol. The maximum Gasteiger partial charge on any atom is 0.405 e. The first-order valence-electron chi connectivity index (χ1n) is 6.55. The van der Waals surface area contributed by atoms with E-state index in [0.29, 0.717) is 36.4 Å². The number of nitrogens with zero attached hydrogens (tertiary/aromatic N) is 4. The highest BCUT2D eigenvalue weighted by atomic mass is 79.9. The third-order valence-corrected chi connectivity index (χ3v) is 4.43. The summed E-state index contributed by atoms with van der Waals surface area (Å²) in [5.41, 5.74) is 0.566. The molecule has 8 heteroatoms. The van der Waals surface area contributed by atoms with E-state index < -0.39 is 11.6 Å². The van der Waals surface area contributed by atoms with Crippen molar-refractivity contribution < 1.29 is 9.90 Å². The number of piperidine rings is 1. The summed E-state index contributed by atoms with van der Waals surface area (Å²) in [5.74, 6) is 0.565. The molecule has 1 amide bonds. The standard InChI is InChI=1S/C13H16BrN5O2/c1-8-10(14)17-9(7-15)11(16-8)19-5-3-13(2,4-6-19)18-12(20)21/h18H,3-6H2,1-2H3,(H,20,21). The van der Waals surface area contributed by atoms with Crippen molar-refractivity contribution in [2.24, 2.45) is 0 Å². The molecule has 0 bridgehead atoms. The van der Waals surface area contributed by atoms with Gasteiger partial charge in [0.05, 0.1) is 5.69 Å². The molecular weight excluding hydrogens is 338 g/mol. The molecule has 1 fully saturated rings. The molecule has 7 nitrogen and oxygen atoms in total. The summed E-state index contributed by atoms with van der Waals surface area (Å²) >= 11 is 3.27. The Labute approximate surface area is 131 Å². The van der Waals surface area contributed by atoms with Gasteiger partial charge in [0.15, 0.2) is 11.5 Å². The van der Waals surface area contributed by atoms with Gasteiger partial charge in [-0.05, 0) is 42.6 Å². The van der Waals surface area contributed by atoms with Crippen LogP contribution in [0.1, 0.15) is 31.2 Å². The van der Waals surface area contributed by atoms with Crippen LogP contribution >= 0.6 is 15.9 Å². The Bertz CT molecular complexity index is 605. The van der Waals surface area contributed by atoms with Crippen LogP contribution in [0.2, 0.25) is 0 Å². The summed E-state index contributed by atoms with van der Waals surface area (Å²) in [6.45, 7) is 4.96. The maximum atomic E-state index is 10.8. The Balaban J connectivity index is 2.18. The van der Waals surface area contributed by atoms with E-state index in [1.54, 1.807) is 0 Å². The molecule has 2 N–H and O–H groups in total. The minimum Gasteiger partial charge on any atom is -0.465 e. The number of carbonyl (C=O) groups is 1. The first-order valence-corrected chi connectivity index (χ1v) is 7.34. The normalized spacial score (nSPS) is 17.1. The Kier molecular flexibility index (Phi) is 4.32. The lowest BCUT2D eigenvalue weighted by atomic mass is 9.90. The van der Waals surface area contributed by atoms with Crippen molar-refractivity contribution in [1.82, 2.24) is 15.3 Å². The van der Waals surface area contributed by atoms with Gasteiger partial charge in [-0.15, -0.1) is 0 Å². The molecule has 1 aromatic heterocycles. The molecule has 0 aromatic carbocycles. The second-order valence-corrected chi connectivity index (χ2v) is 6.11. The van der Waals surface area contributed by atoms with Crippen LogP contribution in [-0.4, -0.2) is 39.8 Å². The molecule has 1 saturated heterocycles. The Morgan fingerprint density at radius 1 is 1.48 bits per heavy atom. The fourth-order valence-electron chi connectivity index (χ4n) is 2.38. The minimum absolute atomic E-state index is 0.280. The van der Waals surface area contributed by atoms with Gasteiger partial charge in [-0.2, -0.15) is 5.26 Å². The number of nitriles is 1. The zero-order valence-corrected chi connectivity index (χ0v) is 13.4. The number of halogens is 1. The molecule has 21 heavy (non-hydrogen) atoms. The smallest absolute Gasteiger partial charge is 0.405 e. The van der Waals surface area contributed by atoms with Gasteiger partial charge in [-0.3, -0.25) is 0 Å². The van der Waals surface area contributed by atoms with Crippen molar-refractivity contribution in [3.05, 3.63) is 16.0 Å². The average molecular weight is 354 g/mol. The number of rotatable bonds is 2. The molecule has 0 unspecified atom stereocenters. The van der Waals surface area contributed by atoms with Crippen LogP contribution in [0.3, 0.4) is 0 Å². The maximum absolute atomic E-state index is 10.8. The summed E-state index contributed by atoms with van der Waals surface area (Å²) < 4.78 is 0.567. The second-order valence-electron chi connectivity index (χ2n) is 5.36. The predicted molar refractivity (Wildman–Crippen MR) is 80.2 cm³/mol. The zero-order chi connectivity index (χ0) is 15.6. The number of anilines is 1. The Morgan fingerprint density at radius 2 is 2.10 bits per heavy atom. The Hall–Kier alpha value is -1.88. The molecule has 1 aliphatic heterocycles. The lowest BCUT2D eigenvalue weighted by molar-refractivity contribution is 0.173. The number of carboxylic acid groups (broad SMARTS) is 1. The number of aromatic nitrogens is 2. The summed E-state index contributed by atoms with van der Waals surface area (Å²) in [6, 6.07) is 2.06. The van der Waals surface area contributed by atoms with Crippen molar-refractivity contribution in [2.75, 3.05) is 18.0 Å². The molecule has 2 rings (SSSR count). The summed E-state index contributed by atoms with van der Waals surface area (Å²) in [4.78, 5) is 21.4. The lowest BCUT2D eigenvalue weighted by Gasteiger charge is -2.39. The molecule has 1 aliphatic rings. The molecule has 0 saturated carbocycles. The second kappa shape index (κ2) is 5.85. The zero-order valence-electron chi connectivity index (χ0n) is 11.9. The molecule has 2 heterocycles.